The predicted octanol–water partition coefficient (Wildman–Crippen LogP) is 1.48. The Bertz CT molecular complexity index is 660. The zero-order chi connectivity index (χ0) is 16.0. The van der Waals surface area contributed by atoms with Gasteiger partial charge in [0, 0.05) is 21.6 Å². The quantitative estimate of drug-likeness (QED) is 0.688. The van der Waals surface area contributed by atoms with Crippen molar-refractivity contribution >= 4 is 31.6 Å². The molecule has 0 spiro atoms. The number of anilines is 1. The molecule has 21 heavy (non-hydrogen) atoms. The van der Waals surface area contributed by atoms with Gasteiger partial charge in [-0.05, 0) is 34.5 Å². The molecule has 2 rings (SSSR count). The lowest BCUT2D eigenvalue weighted by molar-refractivity contribution is -0.0645. The van der Waals surface area contributed by atoms with Crippen LogP contribution in [0.15, 0.2) is 21.5 Å². The topological polar surface area (TPSA) is 102 Å². The number of ether oxygens (including phenoxy) is 1. The Morgan fingerprint density at radius 1 is 1.48 bits per heavy atom. The van der Waals surface area contributed by atoms with E-state index in [0.717, 1.165) is 0 Å². The van der Waals surface area contributed by atoms with E-state index in [0.29, 0.717) is 16.6 Å². The molecule has 0 aromatic heterocycles. The second-order valence-corrected chi connectivity index (χ2v) is 8.31. The standard InChI is InChI=1S/C13H19BrN2O4S/c1-13(2)11(6-12(13)17)16-21(18,19)10-5-8(15)7(14)4-9(10)20-3/h4-5,11-12,16-17H,6,15H2,1-3H3. The van der Waals surface area contributed by atoms with E-state index in [9.17, 15) is 13.5 Å². The number of sulfonamides is 1. The van der Waals surface area contributed by atoms with Gasteiger partial charge in [-0.25, -0.2) is 13.1 Å². The summed E-state index contributed by atoms with van der Waals surface area (Å²) in [5, 5.41) is 9.71. The van der Waals surface area contributed by atoms with Crippen molar-refractivity contribution in [2.75, 3.05) is 12.8 Å². The molecule has 0 radical (unpaired) electrons. The van der Waals surface area contributed by atoms with Gasteiger partial charge in [0.2, 0.25) is 10.0 Å². The van der Waals surface area contributed by atoms with E-state index in [1.807, 2.05) is 13.8 Å². The zero-order valence-corrected chi connectivity index (χ0v) is 14.5. The summed E-state index contributed by atoms with van der Waals surface area (Å²) in [5.74, 6) is 0.209. The van der Waals surface area contributed by atoms with E-state index in [1.165, 1.54) is 19.2 Å². The fraction of sp³-hybridized carbons (Fsp3) is 0.538. The second-order valence-electron chi connectivity index (χ2n) is 5.77. The van der Waals surface area contributed by atoms with Crippen molar-refractivity contribution in [3.05, 3.63) is 16.6 Å². The molecule has 1 aliphatic carbocycles. The van der Waals surface area contributed by atoms with E-state index >= 15 is 0 Å². The molecule has 0 aliphatic heterocycles. The number of benzene rings is 1. The third kappa shape index (κ3) is 2.90. The summed E-state index contributed by atoms with van der Waals surface area (Å²) in [6, 6.07) is 2.55. The average molecular weight is 379 g/mol. The maximum atomic E-state index is 12.5. The molecule has 1 aliphatic rings. The van der Waals surface area contributed by atoms with Gasteiger partial charge >= 0.3 is 0 Å². The van der Waals surface area contributed by atoms with Gasteiger partial charge in [-0.2, -0.15) is 0 Å². The van der Waals surface area contributed by atoms with E-state index in [1.54, 1.807) is 0 Å². The first kappa shape index (κ1) is 16.5. The third-order valence-electron chi connectivity index (χ3n) is 4.09. The Morgan fingerprint density at radius 3 is 2.57 bits per heavy atom. The van der Waals surface area contributed by atoms with Crippen molar-refractivity contribution < 1.29 is 18.3 Å². The first-order valence-electron chi connectivity index (χ1n) is 6.43. The van der Waals surface area contributed by atoms with E-state index in [-0.39, 0.29) is 16.7 Å². The van der Waals surface area contributed by atoms with Gasteiger partial charge in [-0.1, -0.05) is 13.8 Å². The van der Waals surface area contributed by atoms with Crippen LogP contribution in [0.4, 0.5) is 5.69 Å². The second kappa shape index (κ2) is 5.42. The van der Waals surface area contributed by atoms with Crippen LogP contribution in [0.2, 0.25) is 0 Å². The molecule has 2 unspecified atom stereocenters. The fourth-order valence-electron chi connectivity index (χ4n) is 2.27. The number of hydrogen-bond acceptors (Lipinski definition) is 5. The number of nitrogens with one attached hydrogen (secondary N) is 1. The van der Waals surface area contributed by atoms with Crippen LogP contribution in [0, 0.1) is 5.41 Å². The number of nitrogen functional groups attached to an aromatic ring is 1. The van der Waals surface area contributed by atoms with E-state index in [2.05, 4.69) is 20.7 Å². The molecular weight excluding hydrogens is 360 g/mol. The Labute approximate surface area is 132 Å². The highest BCUT2D eigenvalue weighted by Gasteiger charge is 2.49. The van der Waals surface area contributed by atoms with E-state index in [4.69, 9.17) is 10.5 Å². The van der Waals surface area contributed by atoms with Crippen LogP contribution in [0.3, 0.4) is 0 Å². The average Bonchev–Trinajstić information content (AvgIpc) is 2.40. The first-order valence-corrected chi connectivity index (χ1v) is 8.70. The van der Waals surface area contributed by atoms with Gasteiger partial charge in [0.1, 0.15) is 10.6 Å². The zero-order valence-electron chi connectivity index (χ0n) is 12.1. The molecule has 0 saturated heterocycles. The predicted molar refractivity (Wildman–Crippen MR) is 83.6 cm³/mol. The van der Waals surface area contributed by atoms with Crippen LogP contribution in [-0.2, 0) is 10.0 Å². The van der Waals surface area contributed by atoms with Gasteiger partial charge in [0.05, 0.1) is 13.2 Å². The summed E-state index contributed by atoms with van der Waals surface area (Å²) in [5.41, 5.74) is 5.57. The van der Waals surface area contributed by atoms with Gasteiger partial charge < -0.3 is 15.6 Å². The largest absolute Gasteiger partial charge is 0.495 e. The molecule has 2 atom stereocenters. The molecule has 0 heterocycles. The minimum absolute atomic E-state index is 0.0112. The number of rotatable bonds is 4. The van der Waals surface area contributed by atoms with Crippen LogP contribution in [0.25, 0.3) is 0 Å². The summed E-state index contributed by atoms with van der Waals surface area (Å²) in [6.45, 7) is 3.64. The molecule has 1 saturated carbocycles. The van der Waals surface area contributed by atoms with Gasteiger partial charge in [-0.15, -0.1) is 0 Å². The smallest absolute Gasteiger partial charge is 0.244 e. The summed E-state index contributed by atoms with van der Waals surface area (Å²) >= 11 is 3.24. The summed E-state index contributed by atoms with van der Waals surface area (Å²) in [4.78, 5) is -0.0112. The van der Waals surface area contributed by atoms with Crippen molar-refractivity contribution in [2.45, 2.75) is 37.3 Å². The van der Waals surface area contributed by atoms with Crippen LogP contribution in [-0.4, -0.2) is 32.8 Å². The molecule has 6 nitrogen and oxygen atoms in total. The number of methoxy groups -OCH3 is 1. The third-order valence-corrected chi connectivity index (χ3v) is 6.27. The Hall–Kier alpha value is -0.830. The number of aliphatic hydroxyl groups is 1. The highest BCUT2D eigenvalue weighted by Crippen LogP contribution is 2.42. The van der Waals surface area contributed by atoms with Crippen molar-refractivity contribution in [2.24, 2.45) is 5.41 Å². The summed E-state index contributed by atoms with van der Waals surface area (Å²) in [7, 11) is -2.39. The molecule has 118 valence electrons. The highest BCUT2D eigenvalue weighted by molar-refractivity contribution is 9.10. The number of halogens is 1. The number of aliphatic hydroxyl groups excluding tert-OH is 1. The molecule has 0 amide bonds. The lowest BCUT2D eigenvalue weighted by Gasteiger charge is -2.49. The fourth-order valence-corrected chi connectivity index (χ4v) is 4.19. The minimum atomic E-state index is -3.78. The molecule has 1 fully saturated rings. The van der Waals surface area contributed by atoms with Crippen molar-refractivity contribution in [1.29, 1.82) is 0 Å². The monoisotopic (exact) mass is 378 g/mol. The van der Waals surface area contributed by atoms with Gasteiger partial charge in [-0.3, -0.25) is 0 Å². The number of hydrogen-bond donors (Lipinski definition) is 3. The Balaban J connectivity index is 2.35. The van der Waals surface area contributed by atoms with Gasteiger partial charge in [0.15, 0.2) is 0 Å². The molecule has 8 heteroatoms. The minimum Gasteiger partial charge on any atom is -0.495 e. The van der Waals surface area contributed by atoms with Gasteiger partial charge in [0.25, 0.3) is 0 Å². The summed E-state index contributed by atoms with van der Waals surface area (Å²) in [6.07, 6.45) is -0.123. The van der Waals surface area contributed by atoms with Crippen molar-refractivity contribution in [1.82, 2.24) is 4.72 Å². The first-order chi connectivity index (χ1) is 9.59. The molecule has 4 N–H and O–H groups in total. The highest BCUT2D eigenvalue weighted by atomic mass is 79.9. The Morgan fingerprint density at radius 2 is 2.10 bits per heavy atom. The molecule has 1 aromatic rings. The van der Waals surface area contributed by atoms with Crippen molar-refractivity contribution in [3.8, 4) is 5.75 Å². The Kier molecular flexibility index (Phi) is 4.27. The maximum absolute atomic E-state index is 12.5. The van der Waals surface area contributed by atoms with Crippen LogP contribution in [0.5, 0.6) is 5.75 Å². The van der Waals surface area contributed by atoms with Crippen molar-refractivity contribution in [3.63, 3.8) is 0 Å². The maximum Gasteiger partial charge on any atom is 0.244 e. The SMILES string of the molecule is COc1cc(Br)c(N)cc1S(=O)(=O)NC1CC(O)C1(C)C. The molecule has 0 bridgehead atoms. The normalized spacial score (nSPS) is 24.4. The lowest BCUT2D eigenvalue weighted by atomic mass is 9.65. The van der Waals surface area contributed by atoms with Crippen LogP contribution >= 0.6 is 15.9 Å². The van der Waals surface area contributed by atoms with Crippen LogP contribution < -0.4 is 15.2 Å². The van der Waals surface area contributed by atoms with Crippen LogP contribution in [0.1, 0.15) is 20.3 Å². The lowest BCUT2D eigenvalue weighted by Crippen LogP contribution is -2.61. The molecule has 1 aromatic carbocycles. The summed E-state index contributed by atoms with van der Waals surface area (Å²) < 4.78 is 33.4. The van der Waals surface area contributed by atoms with E-state index < -0.39 is 21.5 Å². The molecular formula is C13H19BrN2O4S. The number of nitrogens with two attached hydrogens (primary N) is 1.